The number of fused-ring (bicyclic) bond motifs is 6. The van der Waals surface area contributed by atoms with Gasteiger partial charge in [0.05, 0.1) is 16.6 Å². The van der Waals surface area contributed by atoms with Crippen molar-refractivity contribution in [3.63, 3.8) is 0 Å². The van der Waals surface area contributed by atoms with E-state index in [0.717, 1.165) is 49.3 Å². The first-order valence-electron chi connectivity index (χ1n) is 9.70. The lowest BCUT2D eigenvalue weighted by molar-refractivity contribution is 1.51. The molecule has 6 aromatic rings. The SMILES string of the molecule is N#Cc1c2ccccc2c(-c2ccccc2)c2[nH]c3c4ccccc4ccc3c12. The third-order valence-corrected chi connectivity index (χ3v) is 5.84. The molecule has 0 aliphatic heterocycles. The summed E-state index contributed by atoms with van der Waals surface area (Å²) in [5.41, 5.74) is 5.14. The van der Waals surface area contributed by atoms with E-state index in [-0.39, 0.29) is 0 Å². The highest BCUT2D eigenvalue weighted by Crippen LogP contribution is 2.43. The molecule has 1 heterocycles. The fraction of sp³-hybridized carbons (Fsp3) is 0. The van der Waals surface area contributed by atoms with Crippen molar-refractivity contribution in [2.45, 2.75) is 0 Å². The standard InChI is InChI=1S/C27H16N2/c28-16-23-20-12-6-7-13-21(20)24(18-9-2-1-3-10-18)27-25(23)22-15-14-17-8-4-5-11-19(17)26(22)29-27/h1-15,29H. The number of aromatic nitrogens is 1. The molecule has 0 aliphatic rings. The molecule has 0 radical (unpaired) electrons. The van der Waals surface area contributed by atoms with Gasteiger partial charge >= 0.3 is 0 Å². The number of hydrogen-bond acceptors (Lipinski definition) is 1. The van der Waals surface area contributed by atoms with E-state index in [0.29, 0.717) is 0 Å². The summed E-state index contributed by atoms with van der Waals surface area (Å²) in [7, 11) is 0. The molecule has 1 N–H and O–H groups in total. The van der Waals surface area contributed by atoms with Crippen molar-refractivity contribution < 1.29 is 0 Å². The molecule has 2 heteroatoms. The molecule has 29 heavy (non-hydrogen) atoms. The Labute approximate surface area is 167 Å². The number of benzene rings is 5. The van der Waals surface area contributed by atoms with Crippen LogP contribution in [0.1, 0.15) is 5.56 Å². The van der Waals surface area contributed by atoms with Crippen LogP contribution in [0.2, 0.25) is 0 Å². The van der Waals surface area contributed by atoms with Crippen molar-refractivity contribution in [2.24, 2.45) is 0 Å². The first-order valence-corrected chi connectivity index (χ1v) is 9.70. The molecule has 0 bridgehead atoms. The van der Waals surface area contributed by atoms with Crippen LogP contribution in [0, 0.1) is 11.3 Å². The van der Waals surface area contributed by atoms with E-state index in [1.54, 1.807) is 0 Å². The van der Waals surface area contributed by atoms with Gasteiger partial charge in [-0.3, -0.25) is 0 Å². The van der Waals surface area contributed by atoms with Crippen LogP contribution in [0.5, 0.6) is 0 Å². The summed E-state index contributed by atoms with van der Waals surface area (Å²) in [6.45, 7) is 0. The van der Waals surface area contributed by atoms with Crippen molar-refractivity contribution in [3.8, 4) is 17.2 Å². The van der Waals surface area contributed by atoms with E-state index in [9.17, 15) is 5.26 Å². The predicted octanol–water partition coefficient (Wildman–Crippen LogP) is 7.17. The number of nitrogens with one attached hydrogen (secondary N) is 1. The lowest BCUT2D eigenvalue weighted by atomic mass is 9.91. The van der Waals surface area contributed by atoms with Gasteiger partial charge in [-0.1, -0.05) is 91.0 Å². The minimum absolute atomic E-state index is 0.733. The van der Waals surface area contributed by atoms with Crippen LogP contribution in [0.4, 0.5) is 0 Å². The molecule has 0 fully saturated rings. The highest BCUT2D eigenvalue weighted by atomic mass is 14.7. The molecule has 0 spiro atoms. The van der Waals surface area contributed by atoms with Crippen LogP contribution < -0.4 is 0 Å². The summed E-state index contributed by atoms with van der Waals surface area (Å²) in [6.07, 6.45) is 0. The molecule has 0 aliphatic carbocycles. The number of nitrogens with zero attached hydrogens (tertiary/aromatic N) is 1. The third-order valence-electron chi connectivity index (χ3n) is 5.84. The summed E-state index contributed by atoms with van der Waals surface area (Å²) >= 11 is 0. The Balaban J connectivity index is 1.95. The van der Waals surface area contributed by atoms with E-state index in [1.807, 2.05) is 18.2 Å². The van der Waals surface area contributed by atoms with Gasteiger partial charge in [0.15, 0.2) is 0 Å². The van der Waals surface area contributed by atoms with Gasteiger partial charge in [0.1, 0.15) is 6.07 Å². The smallest absolute Gasteiger partial charge is 0.101 e. The van der Waals surface area contributed by atoms with Gasteiger partial charge in [-0.2, -0.15) is 5.26 Å². The summed E-state index contributed by atoms with van der Waals surface area (Å²) in [5, 5.41) is 16.7. The lowest BCUT2D eigenvalue weighted by Gasteiger charge is -2.11. The van der Waals surface area contributed by atoms with Gasteiger partial charge in [-0.25, -0.2) is 0 Å². The lowest BCUT2D eigenvalue weighted by Crippen LogP contribution is -1.89. The molecule has 5 aromatic carbocycles. The number of aromatic amines is 1. The predicted molar refractivity (Wildman–Crippen MR) is 121 cm³/mol. The molecular weight excluding hydrogens is 352 g/mol. The molecule has 0 unspecified atom stereocenters. The Morgan fingerprint density at radius 2 is 1.28 bits per heavy atom. The van der Waals surface area contributed by atoms with E-state index in [2.05, 4.69) is 83.8 Å². The van der Waals surface area contributed by atoms with Crippen LogP contribution >= 0.6 is 0 Å². The van der Waals surface area contributed by atoms with Crippen molar-refractivity contribution in [1.29, 1.82) is 5.26 Å². The van der Waals surface area contributed by atoms with E-state index >= 15 is 0 Å². The van der Waals surface area contributed by atoms with E-state index in [4.69, 9.17) is 0 Å². The first kappa shape index (κ1) is 15.9. The monoisotopic (exact) mass is 368 g/mol. The van der Waals surface area contributed by atoms with Gasteiger partial charge in [0, 0.05) is 27.1 Å². The van der Waals surface area contributed by atoms with Crippen LogP contribution in [0.15, 0.2) is 91.0 Å². The molecule has 6 rings (SSSR count). The van der Waals surface area contributed by atoms with Crippen molar-refractivity contribution in [1.82, 2.24) is 4.98 Å². The average molecular weight is 368 g/mol. The summed E-state index contributed by atoms with van der Waals surface area (Å²) in [6, 6.07) is 33.8. The van der Waals surface area contributed by atoms with Gasteiger partial charge < -0.3 is 4.98 Å². The molecule has 1 aromatic heterocycles. The second kappa shape index (κ2) is 5.95. The van der Waals surface area contributed by atoms with Gasteiger partial charge in [-0.05, 0) is 16.3 Å². The zero-order chi connectivity index (χ0) is 19.4. The summed E-state index contributed by atoms with van der Waals surface area (Å²) in [4.78, 5) is 3.70. The Bertz CT molecular complexity index is 1600. The Morgan fingerprint density at radius 3 is 2.07 bits per heavy atom. The number of hydrogen-bond donors (Lipinski definition) is 1. The number of nitriles is 1. The fourth-order valence-corrected chi connectivity index (χ4v) is 4.59. The maximum absolute atomic E-state index is 10.1. The zero-order valence-electron chi connectivity index (χ0n) is 15.6. The van der Waals surface area contributed by atoms with Crippen LogP contribution in [0.3, 0.4) is 0 Å². The minimum atomic E-state index is 0.733. The summed E-state index contributed by atoms with van der Waals surface area (Å²) in [5.74, 6) is 0. The molecule has 0 saturated carbocycles. The fourth-order valence-electron chi connectivity index (χ4n) is 4.59. The van der Waals surface area contributed by atoms with E-state index in [1.165, 1.54) is 10.8 Å². The summed E-state index contributed by atoms with van der Waals surface area (Å²) < 4.78 is 0. The number of H-pyrrole nitrogens is 1. The minimum Gasteiger partial charge on any atom is -0.353 e. The Morgan fingerprint density at radius 1 is 0.586 bits per heavy atom. The quantitative estimate of drug-likeness (QED) is 0.328. The topological polar surface area (TPSA) is 39.6 Å². The van der Waals surface area contributed by atoms with Crippen molar-refractivity contribution >= 4 is 43.4 Å². The largest absolute Gasteiger partial charge is 0.353 e. The Hall–Kier alpha value is -4.09. The third kappa shape index (κ3) is 2.16. The van der Waals surface area contributed by atoms with Crippen molar-refractivity contribution in [3.05, 3.63) is 96.6 Å². The average Bonchev–Trinajstić information content (AvgIpc) is 3.17. The normalized spacial score (nSPS) is 11.4. The van der Waals surface area contributed by atoms with Crippen LogP contribution in [0.25, 0.3) is 54.5 Å². The Kier molecular flexibility index (Phi) is 3.27. The molecule has 0 saturated heterocycles. The number of rotatable bonds is 1. The molecule has 2 nitrogen and oxygen atoms in total. The molecule has 0 atom stereocenters. The zero-order valence-corrected chi connectivity index (χ0v) is 15.6. The molecular formula is C27H16N2. The second-order valence-electron chi connectivity index (χ2n) is 7.36. The highest BCUT2D eigenvalue weighted by molar-refractivity contribution is 6.26. The van der Waals surface area contributed by atoms with Gasteiger partial charge in [0.25, 0.3) is 0 Å². The van der Waals surface area contributed by atoms with Crippen LogP contribution in [-0.2, 0) is 0 Å². The maximum Gasteiger partial charge on any atom is 0.101 e. The van der Waals surface area contributed by atoms with Gasteiger partial charge in [-0.15, -0.1) is 0 Å². The van der Waals surface area contributed by atoms with Gasteiger partial charge in [0.2, 0.25) is 0 Å². The second-order valence-corrected chi connectivity index (χ2v) is 7.36. The highest BCUT2D eigenvalue weighted by Gasteiger charge is 2.19. The molecule has 134 valence electrons. The van der Waals surface area contributed by atoms with E-state index < -0.39 is 0 Å². The first-order chi connectivity index (χ1) is 14.4. The van der Waals surface area contributed by atoms with Crippen LogP contribution in [-0.4, -0.2) is 4.98 Å². The van der Waals surface area contributed by atoms with Crippen molar-refractivity contribution in [2.75, 3.05) is 0 Å². The maximum atomic E-state index is 10.1. The molecule has 0 amide bonds.